The van der Waals surface area contributed by atoms with Crippen LogP contribution in [0.2, 0.25) is 0 Å². The third-order valence-corrected chi connectivity index (χ3v) is 6.70. The van der Waals surface area contributed by atoms with Crippen LogP contribution in [0.4, 0.5) is 10.5 Å². The Kier molecular flexibility index (Phi) is 6.29. The molecular formula is C28H28N3O5+. The summed E-state index contributed by atoms with van der Waals surface area (Å²) in [6, 6.07) is 25.1. The maximum absolute atomic E-state index is 12.5. The Morgan fingerprint density at radius 1 is 0.917 bits per heavy atom. The molecule has 184 valence electrons. The standard InChI is InChI=1S/C28H27N3O5/c32-28(31-19-10-12-21(13-11-19)35-20-6-2-1-3-7-20)36-25-17-34-26-24(16-33-27(25)26)30-15-18-14-29-23-9-5-4-8-22(18)23/h1-14,24-27,29-30H,15-17H2,(H,31,32)/p+1/t24-,25+,26+,27+/m0/s1. The van der Waals surface area contributed by atoms with Crippen molar-refractivity contribution in [2.75, 3.05) is 18.5 Å². The molecule has 36 heavy (non-hydrogen) atoms. The average molecular weight is 487 g/mol. The number of hydrogen-bond acceptors (Lipinski definition) is 5. The normalized spacial score (nSPS) is 22.9. The summed E-state index contributed by atoms with van der Waals surface area (Å²) in [5.41, 5.74) is 3.00. The number of H-pyrrole nitrogens is 1. The zero-order valence-corrected chi connectivity index (χ0v) is 19.6. The number of nitrogens with one attached hydrogen (secondary N) is 2. The number of carbonyl (C=O) groups is 1. The summed E-state index contributed by atoms with van der Waals surface area (Å²) in [4.78, 5) is 15.9. The molecule has 6 rings (SSSR count). The lowest BCUT2D eigenvalue weighted by atomic mass is 10.1. The predicted molar refractivity (Wildman–Crippen MR) is 134 cm³/mol. The first-order valence-electron chi connectivity index (χ1n) is 12.1. The summed E-state index contributed by atoms with van der Waals surface area (Å²) in [5, 5.41) is 6.26. The highest BCUT2D eigenvalue weighted by atomic mass is 16.6. The summed E-state index contributed by atoms with van der Waals surface area (Å²) < 4.78 is 23.4. The summed E-state index contributed by atoms with van der Waals surface area (Å²) in [5.74, 6) is 1.43. The first kappa shape index (κ1) is 22.6. The van der Waals surface area contributed by atoms with Crippen LogP contribution in [0.15, 0.2) is 85.1 Å². The lowest BCUT2D eigenvalue weighted by Gasteiger charge is -2.17. The maximum Gasteiger partial charge on any atom is 0.412 e. The van der Waals surface area contributed by atoms with E-state index in [1.807, 2.05) is 42.5 Å². The van der Waals surface area contributed by atoms with Gasteiger partial charge in [0, 0.05) is 28.4 Å². The molecule has 8 heteroatoms. The van der Waals surface area contributed by atoms with Crippen LogP contribution < -0.4 is 15.4 Å². The van der Waals surface area contributed by atoms with Crippen molar-refractivity contribution in [3.63, 3.8) is 0 Å². The Labute approximate surface area is 208 Å². The van der Waals surface area contributed by atoms with Gasteiger partial charge in [-0.05, 0) is 42.5 Å². The number of fused-ring (bicyclic) bond motifs is 2. The van der Waals surface area contributed by atoms with Gasteiger partial charge in [-0.25, -0.2) is 4.79 Å². The molecule has 8 nitrogen and oxygen atoms in total. The lowest BCUT2D eigenvalue weighted by molar-refractivity contribution is -0.707. The van der Waals surface area contributed by atoms with E-state index in [1.54, 1.807) is 24.3 Å². The topological polar surface area (TPSA) is 98.4 Å². The molecule has 2 saturated heterocycles. The van der Waals surface area contributed by atoms with Crippen molar-refractivity contribution >= 4 is 22.7 Å². The van der Waals surface area contributed by atoms with Crippen LogP contribution in [0, 0.1) is 0 Å². The Morgan fingerprint density at radius 2 is 1.67 bits per heavy atom. The van der Waals surface area contributed by atoms with Gasteiger partial charge >= 0.3 is 6.09 Å². The van der Waals surface area contributed by atoms with E-state index in [2.05, 4.69) is 33.9 Å². The number of anilines is 1. The molecule has 4 N–H and O–H groups in total. The van der Waals surface area contributed by atoms with Crippen LogP contribution in [-0.4, -0.2) is 48.6 Å². The van der Waals surface area contributed by atoms with Crippen molar-refractivity contribution in [3.05, 3.63) is 90.6 Å². The Balaban J connectivity index is 0.997. The molecule has 2 aliphatic rings. The van der Waals surface area contributed by atoms with Crippen LogP contribution in [0.1, 0.15) is 5.56 Å². The van der Waals surface area contributed by atoms with Gasteiger partial charge < -0.3 is 29.2 Å². The van der Waals surface area contributed by atoms with E-state index in [9.17, 15) is 4.79 Å². The van der Waals surface area contributed by atoms with E-state index in [4.69, 9.17) is 18.9 Å². The number of benzene rings is 3. The van der Waals surface area contributed by atoms with Crippen LogP contribution in [0.25, 0.3) is 10.9 Å². The van der Waals surface area contributed by atoms with Crippen molar-refractivity contribution in [1.29, 1.82) is 0 Å². The van der Waals surface area contributed by atoms with Gasteiger partial charge in [0.25, 0.3) is 0 Å². The van der Waals surface area contributed by atoms with Crippen LogP contribution in [-0.2, 0) is 20.8 Å². The molecule has 3 heterocycles. The third kappa shape index (κ3) is 4.79. The number of hydrogen-bond donors (Lipinski definition) is 3. The molecule has 1 aromatic heterocycles. The molecule has 3 aromatic carbocycles. The van der Waals surface area contributed by atoms with Gasteiger partial charge in [0.2, 0.25) is 0 Å². The molecule has 1 amide bonds. The van der Waals surface area contributed by atoms with Crippen molar-refractivity contribution in [1.82, 2.24) is 4.98 Å². The zero-order valence-electron chi connectivity index (χ0n) is 19.6. The lowest BCUT2D eigenvalue weighted by Crippen LogP contribution is -2.91. The second kappa shape index (κ2) is 10.0. The first-order valence-corrected chi connectivity index (χ1v) is 12.1. The second-order valence-electron chi connectivity index (χ2n) is 9.07. The summed E-state index contributed by atoms with van der Waals surface area (Å²) in [7, 11) is 0. The molecule has 2 aliphatic heterocycles. The largest absolute Gasteiger partial charge is 0.457 e. The van der Waals surface area contributed by atoms with Gasteiger partial charge in [0.1, 0.15) is 42.9 Å². The van der Waals surface area contributed by atoms with Gasteiger partial charge in [-0.1, -0.05) is 36.4 Å². The highest BCUT2D eigenvalue weighted by molar-refractivity contribution is 5.85. The minimum absolute atomic E-state index is 0.109. The van der Waals surface area contributed by atoms with Crippen LogP contribution in [0.3, 0.4) is 0 Å². The molecule has 0 spiro atoms. The van der Waals surface area contributed by atoms with Gasteiger partial charge in [0.15, 0.2) is 6.10 Å². The van der Waals surface area contributed by atoms with E-state index in [-0.39, 0.29) is 18.2 Å². The second-order valence-corrected chi connectivity index (χ2v) is 9.07. The first-order chi connectivity index (χ1) is 17.7. The number of aromatic nitrogens is 1. The highest BCUT2D eigenvalue weighted by Gasteiger charge is 2.51. The minimum Gasteiger partial charge on any atom is -0.457 e. The molecule has 4 atom stereocenters. The Morgan fingerprint density at radius 3 is 2.53 bits per heavy atom. The molecule has 4 aromatic rings. The van der Waals surface area contributed by atoms with Crippen molar-refractivity contribution in [2.24, 2.45) is 0 Å². The molecular weight excluding hydrogens is 458 g/mol. The number of ether oxygens (including phenoxy) is 4. The van der Waals surface area contributed by atoms with Crippen LogP contribution >= 0.6 is 0 Å². The fraction of sp³-hybridized carbons (Fsp3) is 0.250. The van der Waals surface area contributed by atoms with Gasteiger partial charge in [-0.15, -0.1) is 0 Å². The number of rotatable bonds is 7. The van der Waals surface area contributed by atoms with Crippen LogP contribution in [0.5, 0.6) is 11.5 Å². The molecule has 0 unspecified atom stereocenters. The number of nitrogens with two attached hydrogens (primary N) is 1. The fourth-order valence-electron chi connectivity index (χ4n) is 4.89. The van der Waals surface area contributed by atoms with Crippen molar-refractivity contribution < 1.29 is 29.1 Å². The Hall–Kier alpha value is -3.85. The molecule has 0 radical (unpaired) electrons. The Bertz CT molecular complexity index is 1320. The van der Waals surface area contributed by atoms with Gasteiger partial charge in [-0.2, -0.15) is 0 Å². The average Bonchev–Trinajstić information content (AvgIpc) is 3.61. The van der Waals surface area contributed by atoms with E-state index in [0.717, 1.165) is 17.8 Å². The van der Waals surface area contributed by atoms with E-state index >= 15 is 0 Å². The fourth-order valence-corrected chi connectivity index (χ4v) is 4.89. The molecule has 2 fully saturated rings. The molecule has 0 aliphatic carbocycles. The van der Waals surface area contributed by atoms with Crippen molar-refractivity contribution in [2.45, 2.75) is 30.9 Å². The summed E-state index contributed by atoms with van der Waals surface area (Å²) in [6.45, 7) is 1.70. The number of para-hydroxylation sites is 2. The van der Waals surface area contributed by atoms with Gasteiger partial charge in [-0.3, -0.25) is 5.32 Å². The predicted octanol–water partition coefficient (Wildman–Crippen LogP) is 3.81. The maximum atomic E-state index is 12.5. The van der Waals surface area contributed by atoms with Crippen molar-refractivity contribution in [3.8, 4) is 11.5 Å². The number of carbonyl (C=O) groups excluding carboxylic acids is 1. The summed E-state index contributed by atoms with van der Waals surface area (Å²) in [6.07, 6.45) is 0.711. The number of amides is 1. The third-order valence-electron chi connectivity index (χ3n) is 6.70. The SMILES string of the molecule is O=C(Nc1ccc(Oc2ccccc2)cc1)O[C@@H]1CO[C@H]2[C@@H]1OC[C@@H]2[NH2+]Cc1c[nH]c2ccccc12. The number of quaternary nitrogens is 1. The molecule has 0 saturated carbocycles. The van der Waals surface area contributed by atoms with E-state index in [1.165, 1.54) is 10.9 Å². The zero-order chi connectivity index (χ0) is 24.3. The summed E-state index contributed by atoms with van der Waals surface area (Å²) >= 11 is 0. The highest BCUT2D eigenvalue weighted by Crippen LogP contribution is 2.28. The quantitative estimate of drug-likeness (QED) is 0.369. The molecule has 0 bridgehead atoms. The minimum atomic E-state index is -0.532. The monoisotopic (exact) mass is 486 g/mol. The van der Waals surface area contributed by atoms with E-state index in [0.29, 0.717) is 24.7 Å². The number of aromatic amines is 1. The smallest absolute Gasteiger partial charge is 0.412 e. The van der Waals surface area contributed by atoms with Gasteiger partial charge in [0.05, 0.1) is 6.61 Å². The van der Waals surface area contributed by atoms with E-state index < -0.39 is 12.2 Å².